The fourth-order valence-electron chi connectivity index (χ4n) is 2.14. The Labute approximate surface area is 126 Å². The predicted molar refractivity (Wildman–Crippen MR) is 85.1 cm³/mol. The van der Waals surface area contributed by atoms with Gasteiger partial charge in [0.1, 0.15) is 16.1 Å². The molecule has 100 valence electrons. The Hall–Kier alpha value is -1.91. The zero-order chi connectivity index (χ0) is 13.9. The van der Waals surface area contributed by atoms with Gasteiger partial charge in [0.2, 0.25) is 0 Å². The summed E-state index contributed by atoms with van der Waals surface area (Å²) < 4.78 is 0.866. The molecular weight excluding hydrogens is 314 g/mol. The molecule has 0 atom stereocenters. The van der Waals surface area contributed by atoms with E-state index in [9.17, 15) is 0 Å². The molecule has 0 fully saturated rings. The lowest BCUT2D eigenvalue weighted by Gasteiger charge is -2.03. The lowest BCUT2D eigenvalue weighted by atomic mass is 10.0. The Bertz CT molecular complexity index is 702. The third kappa shape index (κ3) is 2.53. The Morgan fingerprint density at radius 1 is 0.900 bits per heavy atom. The van der Waals surface area contributed by atoms with Crippen LogP contribution in [-0.4, -0.2) is 9.97 Å². The van der Waals surface area contributed by atoms with E-state index >= 15 is 0 Å². The maximum atomic E-state index is 5.60. The highest BCUT2D eigenvalue weighted by atomic mass is 79.9. The van der Waals surface area contributed by atoms with Gasteiger partial charge in [-0.2, -0.15) is 0 Å². The van der Waals surface area contributed by atoms with Crippen molar-refractivity contribution in [1.82, 2.24) is 9.97 Å². The number of benzene rings is 2. The third-order valence-electron chi connectivity index (χ3n) is 3.17. The lowest BCUT2D eigenvalue weighted by molar-refractivity contribution is 0.947. The number of hydrogen-bond donors (Lipinski definition) is 2. The van der Waals surface area contributed by atoms with Gasteiger partial charge in [-0.05, 0) is 27.1 Å². The summed E-state index contributed by atoms with van der Waals surface area (Å²) >= 11 is 3.48. The van der Waals surface area contributed by atoms with Crippen molar-refractivity contribution in [2.75, 3.05) is 0 Å². The van der Waals surface area contributed by atoms with Crippen molar-refractivity contribution in [3.63, 3.8) is 0 Å². The summed E-state index contributed by atoms with van der Waals surface area (Å²) in [6.07, 6.45) is 0. The summed E-state index contributed by atoms with van der Waals surface area (Å²) in [5, 5.41) is 0. The molecule has 1 aromatic heterocycles. The maximum Gasteiger partial charge on any atom is 0.121 e. The van der Waals surface area contributed by atoms with Crippen molar-refractivity contribution in [3.05, 3.63) is 65.0 Å². The van der Waals surface area contributed by atoms with E-state index in [1.165, 1.54) is 11.1 Å². The number of halogens is 1. The topological polar surface area (TPSA) is 54.7 Å². The zero-order valence-electron chi connectivity index (χ0n) is 10.8. The van der Waals surface area contributed by atoms with Gasteiger partial charge < -0.3 is 10.7 Å². The fourth-order valence-corrected chi connectivity index (χ4v) is 2.68. The molecule has 0 radical (unpaired) electrons. The quantitative estimate of drug-likeness (QED) is 0.764. The summed E-state index contributed by atoms with van der Waals surface area (Å²) in [6, 6.07) is 18.7. The van der Waals surface area contributed by atoms with Gasteiger partial charge in [0.25, 0.3) is 0 Å². The van der Waals surface area contributed by atoms with Gasteiger partial charge >= 0.3 is 0 Å². The Balaban J connectivity index is 1.95. The number of H-pyrrole nitrogens is 1. The molecular formula is C16H14BrN3. The first-order valence-electron chi connectivity index (χ1n) is 6.38. The summed E-state index contributed by atoms with van der Waals surface area (Å²) in [5.74, 6) is 0.777. The van der Waals surface area contributed by atoms with Crippen LogP contribution in [0, 0.1) is 0 Å². The smallest absolute Gasteiger partial charge is 0.121 e. The SMILES string of the molecule is NCc1nc(-c2ccc(-c3ccccc3)cc2)c(Br)[nH]1. The van der Waals surface area contributed by atoms with Crippen LogP contribution in [0.15, 0.2) is 59.2 Å². The second kappa shape index (κ2) is 5.61. The summed E-state index contributed by atoms with van der Waals surface area (Å²) in [5.41, 5.74) is 9.96. The van der Waals surface area contributed by atoms with Crippen LogP contribution in [0.2, 0.25) is 0 Å². The zero-order valence-corrected chi connectivity index (χ0v) is 12.4. The Kier molecular flexibility index (Phi) is 3.67. The summed E-state index contributed by atoms with van der Waals surface area (Å²) in [4.78, 5) is 7.59. The normalized spacial score (nSPS) is 10.7. The monoisotopic (exact) mass is 327 g/mol. The van der Waals surface area contributed by atoms with Gasteiger partial charge in [-0.25, -0.2) is 4.98 Å². The predicted octanol–water partition coefficient (Wildman–Crippen LogP) is 3.96. The molecule has 3 aromatic rings. The molecule has 0 bridgehead atoms. The largest absolute Gasteiger partial charge is 0.335 e. The second-order valence-electron chi connectivity index (χ2n) is 4.49. The highest BCUT2D eigenvalue weighted by molar-refractivity contribution is 9.10. The molecule has 0 aliphatic heterocycles. The highest BCUT2D eigenvalue weighted by Gasteiger charge is 2.09. The van der Waals surface area contributed by atoms with Crippen LogP contribution >= 0.6 is 15.9 Å². The van der Waals surface area contributed by atoms with Crippen LogP contribution in [0.4, 0.5) is 0 Å². The first-order chi connectivity index (χ1) is 9.78. The molecule has 3 nitrogen and oxygen atoms in total. The van der Waals surface area contributed by atoms with Crippen molar-refractivity contribution in [3.8, 4) is 22.4 Å². The fraction of sp³-hybridized carbons (Fsp3) is 0.0625. The van der Waals surface area contributed by atoms with Crippen LogP contribution in [0.3, 0.4) is 0 Å². The average Bonchev–Trinajstić information content (AvgIpc) is 2.89. The van der Waals surface area contributed by atoms with E-state index in [0.29, 0.717) is 6.54 Å². The van der Waals surface area contributed by atoms with Crippen LogP contribution in [-0.2, 0) is 6.54 Å². The van der Waals surface area contributed by atoms with Gasteiger partial charge in [-0.1, -0.05) is 54.6 Å². The standard InChI is InChI=1S/C16H14BrN3/c17-16-15(19-14(10-18)20-16)13-8-6-12(7-9-13)11-4-2-1-3-5-11/h1-9H,10,18H2,(H,19,20). The number of imidazole rings is 1. The second-order valence-corrected chi connectivity index (χ2v) is 5.29. The molecule has 3 N–H and O–H groups in total. The molecule has 0 unspecified atom stereocenters. The van der Waals surface area contributed by atoms with E-state index in [0.717, 1.165) is 21.7 Å². The van der Waals surface area contributed by atoms with Gasteiger partial charge in [0.15, 0.2) is 0 Å². The number of aromatic nitrogens is 2. The van der Waals surface area contributed by atoms with E-state index in [4.69, 9.17) is 5.73 Å². The van der Waals surface area contributed by atoms with Gasteiger partial charge in [-0.15, -0.1) is 0 Å². The number of rotatable bonds is 3. The lowest BCUT2D eigenvalue weighted by Crippen LogP contribution is -1.97. The molecule has 4 heteroatoms. The molecule has 0 amide bonds. The van der Waals surface area contributed by atoms with E-state index in [1.54, 1.807) is 0 Å². The number of hydrogen-bond acceptors (Lipinski definition) is 2. The first kappa shape index (κ1) is 13.1. The molecule has 0 aliphatic carbocycles. The minimum Gasteiger partial charge on any atom is -0.335 e. The first-order valence-corrected chi connectivity index (χ1v) is 7.17. The molecule has 0 spiro atoms. The Morgan fingerprint density at radius 2 is 1.50 bits per heavy atom. The number of nitrogens with two attached hydrogens (primary N) is 1. The van der Waals surface area contributed by atoms with Crippen molar-refractivity contribution >= 4 is 15.9 Å². The number of aromatic amines is 1. The third-order valence-corrected chi connectivity index (χ3v) is 3.74. The minimum atomic E-state index is 0.403. The number of nitrogens with one attached hydrogen (secondary N) is 1. The van der Waals surface area contributed by atoms with E-state index in [-0.39, 0.29) is 0 Å². The summed E-state index contributed by atoms with van der Waals surface area (Å²) in [6.45, 7) is 0.403. The van der Waals surface area contributed by atoms with Crippen LogP contribution in [0.5, 0.6) is 0 Å². The van der Waals surface area contributed by atoms with Crippen molar-refractivity contribution < 1.29 is 0 Å². The van der Waals surface area contributed by atoms with E-state index < -0.39 is 0 Å². The summed E-state index contributed by atoms with van der Waals surface area (Å²) in [7, 11) is 0. The van der Waals surface area contributed by atoms with Gasteiger partial charge in [0, 0.05) is 5.56 Å². The van der Waals surface area contributed by atoms with Gasteiger partial charge in [0.05, 0.1) is 6.54 Å². The van der Waals surface area contributed by atoms with Crippen molar-refractivity contribution in [1.29, 1.82) is 0 Å². The maximum absolute atomic E-state index is 5.60. The van der Waals surface area contributed by atoms with E-state index in [1.807, 2.05) is 18.2 Å². The van der Waals surface area contributed by atoms with Crippen LogP contribution < -0.4 is 5.73 Å². The van der Waals surface area contributed by atoms with Crippen molar-refractivity contribution in [2.24, 2.45) is 5.73 Å². The molecule has 1 heterocycles. The highest BCUT2D eigenvalue weighted by Crippen LogP contribution is 2.28. The molecule has 3 rings (SSSR count). The number of nitrogens with zero attached hydrogens (tertiary/aromatic N) is 1. The molecule has 20 heavy (non-hydrogen) atoms. The molecule has 0 saturated heterocycles. The average molecular weight is 328 g/mol. The van der Waals surface area contributed by atoms with Crippen LogP contribution in [0.25, 0.3) is 22.4 Å². The minimum absolute atomic E-state index is 0.403. The molecule has 0 saturated carbocycles. The van der Waals surface area contributed by atoms with Gasteiger partial charge in [-0.3, -0.25) is 0 Å². The molecule has 0 aliphatic rings. The van der Waals surface area contributed by atoms with Crippen molar-refractivity contribution in [2.45, 2.75) is 6.54 Å². The van der Waals surface area contributed by atoms with Crippen LogP contribution in [0.1, 0.15) is 5.82 Å². The van der Waals surface area contributed by atoms with E-state index in [2.05, 4.69) is 62.3 Å². The molecule has 2 aromatic carbocycles. The Morgan fingerprint density at radius 3 is 2.10 bits per heavy atom.